The van der Waals surface area contributed by atoms with Crippen molar-refractivity contribution in [2.75, 3.05) is 13.8 Å². The Hall–Kier alpha value is -2.99. The summed E-state index contributed by atoms with van der Waals surface area (Å²) in [6.45, 7) is 1.61. The second-order valence-electron chi connectivity index (χ2n) is 7.64. The van der Waals surface area contributed by atoms with Gasteiger partial charge in [-0.15, -0.1) is 0 Å². The SMILES string of the molecule is COc1ccc(-c2cc(=O)oc3c4c(ccc23)OCN(Cc2ccc(Cl)c(Cl)c2)C4)cc1. The van der Waals surface area contributed by atoms with Gasteiger partial charge in [-0.2, -0.15) is 0 Å². The number of nitrogens with zero attached hydrogens (tertiary/aromatic N) is 1. The standard InChI is InChI=1S/C25H19Cl2NO4/c1-30-17-5-3-16(4-6-17)19-11-24(29)32-25-18(19)7-9-23-20(25)13-28(14-31-23)12-15-2-8-21(26)22(27)10-15/h2-11H,12-14H2,1H3. The first-order valence-corrected chi connectivity index (χ1v) is 10.8. The van der Waals surface area contributed by atoms with Crippen LogP contribution in [0.3, 0.4) is 0 Å². The zero-order chi connectivity index (χ0) is 22.2. The molecule has 162 valence electrons. The number of methoxy groups -OCH3 is 1. The van der Waals surface area contributed by atoms with E-state index in [4.69, 9.17) is 37.1 Å². The van der Waals surface area contributed by atoms with E-state index in [2.05, 4.69) is 4.90 Å². The number of hydrogen-bond acceptors (Lipinski definition) is 5. The minimum absolute atomic E-state index is 0.404. The summed E-state index contributed by atoms with van der Waals surface area (Å²) in [7, 11) is 1.62. The largest absolute Gasteiger partial charge is 0.497 e. The average molecular weight is 468 g/mol. The molecule has 5 nitrogen and oxygen atoms in total. The molecule has 0 spiro atoms. The summed E-state index contributed by atoms with van der Waals surface area (Å²) < 4.78 is 16.9. The highest BCUT2D eigenvalue weighted by Gasteiger charge is 2.23. The van der Waals surface area contributed by atoms with Crippen LogP contribution in [0.15, 0.2) is 69.9 Å². The van der Waals surface area contributed by atoms with Gasteiger partial charge in [-0.3, -0.25) is 4.90 Å². The summed E-state index contributed by atoms with van der Waals surface area (Å²) in [5.74, 6) is 1.47. The number of hydrogen-bond donors (Lipinski definition) is 0. The Kier molecular flexibility index (Phi) is 5.55. The van der Waals surface area contributed by atoms with Crippen molar-refractivity contribution >= 4 is 34.2 Å². The maximum absolute atomic E-state index is 12.5. The molecule has 0 atom stereocenters. The van der Waals surface area contributed by atoms with Crippen LogP contribution in [0.2, 0.25) is 10.0 Å². The minimum Gasteiger partial charge on any atom is -0.497 e. The van der Waals surface area contributed by atoms with Crippen LogP contribution in [0.1, 0.15) is 11.1 Å². The Bertz CT molecular complexity index is 1370. The van der Waals surface area contributed by atoms with E-state index < -0.39 is 5.63 Å². The highest BCUT2D eigenvalue weighted by atomic mass is 35.5. The lowest BCUT2D eigenvalue weighted by Gasteiger charge is -2.29. The van der Waals surface area contributed by atoms with Gasteiger partial charge in [-0.25, -0.2) is 4.79 Å². The third-order valence-corrected chi connectivity index (χ3v) is 6.29. The van der Waals surface area contributed by atoms with Crippen LogP contribution >= 0.6 is 23.2 Å². The molecule has 0 amide bonds. The van der Waals surface area contributed by atoms with E-state index in [9.17, 15) is 4.79 Å². The van der Waals surface area contributed by atoms with E-state index in [-0.39, 0.29) is 0 Å². The average Bonchev–Trinajstić information content (AvgIpc) is 2.81. The predicted octanol–water partition coefficient (Wildman–Crippen LogP) is 6.13. The second kappa shape index (κ2) is 8.51. The quantitative estimate of drug-likeness (QED) is 0.338. The van der Waals surface area contributed by atoms with Crippen molar-refractivity contribution in [1.29, 1.82) is 0 Å². The molecule has 7 heteroatoms. The van der Waals surface area contributed by atoms with Gasteiger partial charge < -0.3 is 13.9 Å². The number of benzene rings is 3. The summed E-state index contributed by atoms with van der Waals surface area (Å²) in [4.78, 5) is 14.6. The Labute approximate surface area is 194 Å². The van der Waals surface area contributed by atoms with Crippen LogP contribution < -0.4 is 15.1 Å². The van der Waals surface area contributed by atoms with Crippen molar-refractivity contribution in [2.24, 2.45) is 0 Å². The molecule has 0 saturated heterocycles. The third-order valence-electron chi connectivity index (χ3n) is 5.55. The maximum atomic E-state index is 12.5. The summed E-state index contributed by atoms with van der Waals surface area (Å²) in [5.41, 5.74) is 3.72. The van der Waals surface area contributed by atoms with Crippen molar-refractivity contribution in [1.82, 2.24) is 4.90 Å². The molecule has 0 aliphatic carbocycles. The van der Waals surface area contributed by atoms with E-state index >= 15 is 0 Å². The number of fused-ring (bicyclic) bond motifs is 3. The third kappa shape index (κ3) is 3.95. The Balaban J connectivity index is 1.53. The fraction of sp³-hybridized carbons (Fsp3) is 0.160. The van der Waals surface area contributed by atoms with Crippen LogP contribution in [0.5, 0.6) is 11.5 Å². The van der Waals surface area contributed by atoms with Gasteiger partial charge in [-0.05, 0) is 53.1 Å². The fourth-order valence-corrected chi connectivity index (χ4v) is 4.31. The summed E-state index contributed by atoms with van der Waals surface area (Å²) in [5, 5.41) is 1.89. The van der Waals surface area contributed by atoms with Gasteiger partial charge in [0.2, 0.25) is 0 Å². The van der Waals surface area contributed by atoms with Gasteiger partial charge in [0.1, 0.15) is 23.8 Å². The van der Waals surface area contributed by atoms with Gasteiger partial charge >= 0.3 is 5.63 Å². The molecule has 32 heavy (non-hydrogen) atoms. The monoisotopic (exact) mass is 467 g/mol. The van der Waals surface area contributed by atoms with Gasteiger partial charge in [0, 0.05) is 24.5 Å². The zero-order valence-corrected chi connectivity index (χ0v) is 18.7. The predicted molar refractivity (Wildman–Crippen MR) is 126 cm³/mol. The molecular weight excluding hydrogens is 449 g/mol. The first-order chi connectivity index (χ1) is 15.5. The molecule has 4 aromatic rings. The van der Waals surface area contributed by atoms with Gasteiger partial charge in [0.15, 0.2) is 0 Å². The first-order valence-electron chi connectivity index (χ1n) is 10.0. The highest BCUT2D eigenvalue weighted by molar-refractivity contribution is 6.42. The summed E-state index contributed by atoms with van der Waals surface area (Å²) in [6.07, 6.45) is 0. The summed E-state index contributed by atoms with van der Waals surface area (Å²) in [6, 6.07) is 18.6. The van der Waals surface area contributed by atoms with Gasteiger partial charge in [0.25, 0.3) is 0 Å². The molecule has 5 rings (SSSR count). The van der Waals surface area contributed by atoms with Crippen molar-refractivity contribution in [3.05, 3.63) is 92.3 Å². The maximum Gasteiger partial charge on any atom is 0.336 e. The molecule has 0 bridgehead atoms. The van der Waals surface area contributed by atoms with Crippen molar-refractivity contribution < 1.29 is 13.9 Å². The smallest absolute Gasteiger partial charge is 0.336 e. The Morgan fingerprint density at radius 1 is 1.00 bits per heavy atom. The van der Waals surface area contributed by atoms with Crippen LogP contribution in [0.25, 0.3) is 22.1 Å². The Morgan fingerprint density at radius 3 is 2.56 bits per heavy atom. The molecule has 0 fully saturated rings. The molecule has 1 aliphatic rings. The molecular formula is C25H19Cl2NO4. The van der Waals surface area contributed by atoms with Gasteiger partial charge in [0.05, 0.1) is 22.7 Å². The lowest BCUT2D eigenvalue weighted by Crippen LogP contribution is -2.31. The van der Waals surface area contributed by atoms with E-state index in [1.807, 2.05) is 48.5 Å². The van der Waals surface area contributed by atoms with Crippen molar-refractivity contribution in [3.8, 4) is 22.6 Å². The highest BCUT2D eigenvalue weighted by Crippen LogP contribution is 2.37. The van der Waals surface area contributed by atoms with Crippen LogP contribution in [-0.2, 0) is 13.1 Å². The fourth-order valence-electron chi connectivity index (χ4n) is 3.99. The topological polar surface area (TPSA) is 51.9 Å². The molecule has 1 aliphatic heterocycles. The number of ether oxygens (including phenoxy) is 2. The molecule has 2 heterocycles. The van der Waals surface area contributed by atoms with Crippen LogP contribution in [0.4, 0.5) is 0 Å². The number of rotatable bonds is 4. The second-order valence-corrected chi connectivity index (χ2v) is 8.45. The van der Waals surface area contributed by atoms with E-state index in [1.165, 1.54) is 6.07 Å². The van der Waals surface area contributed by atoms with Crippen LogP contribution in [0, 0.1) is 0 Å². The normalized spacial score (nSPS) is 13.6. The molecule has 0 unspecified atom stereocenters. The molecule has 0 N–H and O–H groups in total. The van der Waals surface area contributed by atoms with E-state index in [0.29, 0.717) is 35.4 Å². The van der Waals surface area contributed by atoms with E-state index in [1.54, 1.807) is 13.2 Å². The van der Waals surface area contributed by atoms with Crippen LogP contribution in [-0.4, -0.2) is 18.7 Å². The summed E-state index contributed by atoms with van der Waals surface area (Å²) >= 11 is 12.2. The Morgan fingerprint density at radius 2 is 1.81 bits per heavy atom. The van der Waals surface area contributed by atoms with Gasteiger partial charge in [-0.1, -0.05) is 41.4 Å². The minimum atomic E-state index is -0.404. The molecule has 3 aromatic carbocycles. The lowest BCUT2D eigenvalue weighted by atomic mass is 9.99. The molecule has 1 aromatic heterocycles. The van der Waals surface area contributed by atoms with E-state index in [0.717, 1.165) is 39.1 Å². The molecule has 0 saturated carbocycles. The van der Waals surface area contributed by atoms with Crippen molar-refractivity contribution in [2.45, 2.75) is 13.1 Å². The zero-order valence-electron chi connectivity index (χ0n) is 17.2. The first kappa shape index (κ1) is 20.9. The number of halogens is 2. The molecule has 0 radical (unpaired) electrons. The lowest BCUT2D eigenvalue weighted by molar-refractivity contribution is 0.0890. The van der Waals surface area contributed by atoms with Crippen molar-refractivity contribution in [3.63, 3.8) is 0 Å².